The van der Waals surface area contributed by atoms with Crippen molar-refractivity contribution in [2.24, 2.45) is 5.73 Å². The fourth-order valence-electron chi connectivity index (χ4n) is 1.92. The molecular formula is C15H24N2O2. The SMILES string of the molecule is CCOc1ccccc1C(=O)NC(C)(CC)CCN. The number of amides is 1. The number of nitrogens with one attached hydrogen (secondary N) is 1. The van der Waals surface area contributed by atoms with Crippen molar-refractivity contribution in [3.8, 4) is 5.75 Å². The predicted octanol–water partition coefficient (Wildman–Crippen LogP) is 2.33. The maximum atomic E-state index is 12.4. The molecule has 0 radical (unpaired) electrons. The molecule has 0 saturated carbocycles. The average molecular weight is 264 g/mol. The summed E-state index contributed by atoms with van der Waals surface area (Å²) < 4.78 is 5.48. The first kappa shape index (κ1) is 15.5. The lowest BCUT2D eigenvalue weighted by molar-refractivity contribution is 0.0896. The van der Waals surface area contributed by atoms with Gasteiger partial charge in [0.1, 0.15) is 5.75 Å². The average Bonchev–Trinajstić information content (AvgIpc) is 2.40. The van der Waals surface area contributed by atoms with E-state index in [9.17, 15) is 4.79 Å². The van der Waals surface area contributed by atoms with Gasteiger partial charge in [-0.2, -0.15) is 0 Å². The molecule has 1 amide bonds. The van der Waals surface area contributed by atoms with Crippen LogP contribution in [0, 0.1) is 0 Å². The number of hydrogen-bond acceptors (Lipinski definition) is 3. The summed E-state index contributed by atoms with van der Waals surface area (Å²) >= 11 is 0. The first-order chi connectivity index (χ1) is 9.06. The minimum absolute atomic E-state index is 0.109. The van der Waals surface area contributed by atoms with E-state index in [1.54, 1.807) is 6.07 Å². The van der Waals surface area contributed by atoms with Crippen molar-refractivity contribution < 1.29 is 9.53 Å². The van der Waals surface area contributed by atoms with Gasteiger partial charge in [-0.05, 0) is 45.4 Å². The minimum Gasteiger partial charge on any atom is -0.493 e. The molecule has 0 aliphatic heterocycles. The van der Waals surface area contributed by atoms with Gasteiger partial charge < -0.3 is 15.8 Å². The molecule has 0 aromatic heterocycles. The molecule has 0 saturated heterocycles. The van der Waals surface area contributed by atoms with Crippen LogP contribution in [0.15, 0.2) is 24.3 Å². The number of carbonyl (C=O) groups is 1. The maximum absolute atomic E-state index is 12.4. The summed E-state index contributed by atoms with van der Waals surface area (Å²) in [5.41, 5.74) is 5.90. The molecule has 106 valence electrons. The van der Waals surface area contributed by atoms with Crippen LogP contribution < -0.4 is 15.8 Å². The Morgan fingerprint density at radius 1 is 1.37 bits per heavy atom. The molecule has 4 nitrogen and oxygen atoms in total. The van der Waals surface area contributed by atoms with E-state index in [1.165, 1.54) is 0 Å². The number of nitrogens with two attached hydrogens (primary N) is 1. The monoisotopic (exact) mass is 264 g/mol. The van der Waals surface area contributed by atoms with Gasteiger partial charge in [-0.1, -0.05) is 19.1 Å². The molecule has 0 spiro atoms. The van der Waals surface area contributed by atoms with E-state index >= 15 is 0 Å². The zero-order valence-corrected chi connectivity index (χ0v) is 12.0. The van der Waals surface area contributed by atoms with Crippen LogP contribution in [0.4, 0.5) is 0 Å². The van der Waals surface area contributed by atoms with Crippen LogP contribution in [0.3, 0.4) is 0 Å². The highest BCUT2D eigenvalue weighted by atomic mass is 16.5. The third-order valence-corrected chi connectivity index (χ3v) is 3.32. The molecule has 0 heterocycles. The molecular weight excluding hydrogens is 240 g/mol. The first-order valence-corrected chi connectivity index (χ1v) is 6.80. The first-order valence-electron chi connectivity index (χ1n) is 6.80. The molecule has 0 aliphatic rings. The summed E-state index contributed by atoms with van der Waals surface area (Å²) in [4.78, 5) is 12.4. The van der Waals surface area contributed by atoms with E-state index in [4.69, 9.17) is 10.5 Å². The van der Waals surface area contributed by atoms with E-state index in [-0.39, 0.29) is 11.4 Å². The Labute approximate surface area is 115 Å². The summed E-state index contributed by atoms with van der Waals surface area (Å²) in [6, 6.07) is 7.29. The predicted molar refractivity (Wildman–Crippen MR) is 77.4 cm³/mol. The van der Waals surface area contributed by atoms with Gasteiger partial charge in [-0.3, -0.25) is 4.79 Å². The smallest absolute Gasteiger partial charge is 0.255 e. The molecule has 0 fully saturated rings. The Morgan fingerprint density at radius 3 is 2.63 bits per heavy atom. The van der Waals surface area contributed by atoms with E-state index in [1.807, 2.05) is 39.0 Å². The molecule has 0 bridgehead atoms. The summed E-state index contributed by atoms with van der Waals surface area (Å²) in [7, 11) is 0. The van der Waals surface area contributed by atoms with Crippen LogP contribution in [0.1, 0.15) is 44.0 Å². The summed E-state index contributed by atoms with van der Waals surface area (Å²) in [6.45, 7) is 7.06. The van der Waals surface area contributed by atoms with Crippen molar-refractivity contribution in [3.05, 3.63) is 29.8 Å². The van der Waals surface area contributed by atoms with Gasteiger partial charge in [0, 0.05) is 5.54 Å². The van der Waals surface area contributed by atoms with Crippen LogP contribution in [0.2, 0.25) is 0 Å². The van der Waals surface area contributed by atoms with Crippen molar-refractivity contribution in [1.82, 2.24) is 5.32 Å². The topological polar surface area (TPSA) is 64.3 Å². The van der Waals surface area contributed by atoms with Crippen molar-refractivity contribution >= 4 is 5.91 Å². The minimum atomic E-state index is -0.273. The molecule has 1 atom stereocenters. The zero-order chi connectivity index (χ0) is 14.3. The van der Waals surface area contributed by atoms with Gasteiger partial charge in [0.25, 0.3) is 5.91 Å². The summed E-state index contributed by atoms with van der Waals surface area (Å²) in [5.74, 6) is 0.510. The quantitative estimate of drug-likeness (QED) is 0.794. The molecule has 1 unspecified atom stereocenters. The molecule has 0 aliphatic carbocycles. The van der Waals surface area contributed by atoms with E-state index in [2.05, 4.69) is 5.32 Å². The van der Waals surface area contributed by atoms with Crippen molar-refractivity contribution in [1.29, 1.82) is 0 Å². The molecule has 3 N–H and O–H groups in total. The number of rotatable bonds is 7. The Kier molecular flexibility index (Phi) is 5.83. The fraction of sp³-hybridized carbons (Fsp3) is 0.533. The third kappa shape index (κ3) is 4.24. The van der Waals surface area contributed by atoms with Crippen LogP contribution in [-0.4, -0.2) is 24.6 Å². The highest BCUT2D eigenvalue weighted by Gasteiger charge is 2.25. The number of carbonyl (C=O) groups excluding carboxylic acids is 1. The fourth-order valence-corrected chi connectivity index (χ4v) is 1.92. The van der Waals surface area contributed by atoms with Crippen LogP contribution in [0.25, 0.3) is 0 Å². The Balaban J connectivity index is 2.88. The second-order valence-corrected chi connectivity index (χ2v) is 4.84. The van der Waals surface area contributed by atoms with E-state index in [0.29, 0.717) is 24.5 Å². The number of hydrogen-bond donors (Lipinski definition) is 2. The van der Waals surface area contributed by atoms with Gasteiger partial charge >= 0.3 is 0 Å². The van der Waals surface area contributed by atoms with Crippen LogP contribution in [0.5, 0.6) is 5.75 Å². The summed E-state index contributed by atoms with van der Waals surface area (Å²) in [5, 5.41) is 3.06. The second-order valence-electron chi connectivity index (χ2n) is 4.84. The number of ether oxygens (including phenoxy) is 1. The van der Waals surface area contributed by atoms with Crippen molar-refractivity contribution in [2.45, 2.75) is 39.2 Å². The lowest BCUT2D eigenvalue weighted by Crippen LogP contribution is -2.46. The van der Waals surface area contributed by atoms with Gasteiger partial charge in [0.15, 0.2) is 0 Å². The lowest BCUT2D eigenvalue weighted by atomic mass is 9.94. The van der Waals surface area contributed by atoms with Crippen molar-refractivity contribution in [2.75, 3.05) is 13.2 Å². The zero-order valence-electron chi connectivity index (χ0n) is 12.0. The highest BCUT2D eigenvalue weighted by Crippen LogP contribution is 2.20. The molecule has 1 aromatic carbocycles. The second kappa shape index (κ2) is 7.14. The van der Waals surface area contributed by atoms with Gasteiger partial charge in [0.2, 0.25) is 0 Å². The Morgan fingerprint density at radius 2 is 2.05 bits per heavy atom. The molecule has 19 heavy (non-hydrogen) atoms. The summed E-state index contributed by atoms with van der Waals surface area (Å²) in [6.07, 6.45) is 1.60. The molecule has 1 rings (SSSR count). The van der Waals surface area contributed by atoms with Gasteiger partial charge in [-0.15, -0.1) is 0 Å². The molecule has 4 heteroatoms. The molecule has 1 aromatic rings. The van der Waals surface area contributed by atoms with Crippen molar-refractivity contribution in [3.63, 3.8) is 0 Å². The van der Waals surface area contributed by atoms with Crippen LogP contribution >= 0.6 is 0 Å². The largest absolute Gasteiger partial charge is 0.493 e. The van der Waals surface area contributed by atoms with Crippen LogP contribution in [-0.2, 0) is 0 Å². The standard InChI is InChI=1S/C15H24N2O2/c1-4-15(3,10-11-16)17-14(18)12-8-6-7-9-13(12)19-5-2/h6-9H,4-5,10-11,16H2,1-3H3,(H,17,18). The maximum Gasteiger partial charge on any atom is 0.255 e. The van der Waals surface area contributed by atoms with E-state index < -0.39 is 0 Å². The number of benzene rings is 1. The third-order valence-electron chi connectivity index (χ3n) is 3.32. The Hall–Kier alpha value is -1.55. The Bertz CT molecular complexity index is 420. The highest BCUT2D eigenvalue weighted by molar-refractivity contribution is 5.97. The van der Waals surface area contributed by atoms with Gasteiger partial charge in [0.05, 0.1) is 12.2 Å². The normalized spacial score (nSPS) is 13.7. The lowest BCUT2D eigenvalue weighted by Gasteiger charge is -2.29. The number of para-hydroxylation sites is 1. The van der Waals surface area contributed by atoms with E-state index in [0.717, 1.165) is 12.8 Å². The van der Waals surface area contributed by atoms with Gasteiger partial charge in [-0.25, -0.2) is 0 Å².